The molecule has 122 valence electrons. The van der Waals surface area contributed by atoms with Crippen molar-refractivity contribution in [2.24, 2.45) is 0 Å². The van der Waals surface area contributed by atoms with Gasteiger partial charge in [0.25, 0.3) is 0 Å². The summed E-state index contributed by atoms with van der Waals surface area (Å²) >= 11 is 0. The maximum Gasteiger partial charge on any atom is 0.365 e. The Kier molecular flexibility index (Phi) is 4.11. The van der Waals surface area contributed by atoms with Crippen molar-refractivity contribution in [3.63, 3.8) is 0 Å². The molecule has 0 aliphatic heterocycles. The van der Waals surface area contributed by atoms with Gasteiger partial charge in [-0.15, -0.1) is 0 Å². The number of nitrogens with zero attached hydrogens (tertiary/aromatic N) is 2. The molecule has 8 nitrogen and oxygen atoms in total. The molecule has 8 heteroatoms. The molecule has 0 amide bonds. The second kappa shape index (κ2) is 6.37. The zero-order valence-electron chi connectivity index (χ0n) is 12.8. The van der Waals surface area contributed by atoms with E-state index in [9.17, 15) is 9.59 Å². The molecule has 0 radical (unpaired) electrons. The Morgan fingerprint density at radius 2 is 1.17 bits per heavy atom. The minimum Gasteiger partial charge on any atom is -0.422 e. The Morgan fingerprint density at radius 3 is 1.46 bits per heavy atom. The minimum absolute atomic E-state index is 0.0735. The predicted octanol–water partition coefficient (Wildman–Crippen LogP) is 2.72. The summed E-state index contributed by atoms with van der Waals surface area (Å²) in [5, 5.41) is 7.14. The summed E-state index contributed by atoms with van der Waals surface area (Å²) in [6, 6.07) is 8.89. The van der Waals surface area contributed by atoms with Gasteiger partial charge in [0, 0.05) is 12.1 Å². The van der Waals surface area contributed by atoms with E-state index in [2.05, 4.69) is 10.3 Å². The highest BCUT2D eigenvalue weighted by molar-refractivity contribution is 5.89. The molecule has 3 rings (SSSR count). The molecule has 0 N–H and O–H groups in total. The number of aryl methyl sites for hydroxylation is 2. The zero-order valence-corrected chi connectivity index (χ0v) is 12.8. The number of esters is 2. The predicted molar refractivity (Wildman–Crippen MR) is 78.8 cm³/mol. The Bertz CT molecular complexity index is 805. The van der Waals surface area contributed by atoms with Crippen molar-refractivity contribution >= 4 is 11.9 Å². The van der Waals surface area contributed by atoms with Crippen molar-refractivity contribution in [1.29, 1.82) is 0 Å². The van der Waals surface area contributed by atoms with Gasteiger partial charge in [-0.3, -0.25) is 0 Å². The van der Waals surface area contributed by atoms with E-state index in [1.807, 2.05) is 0 Å². The third-order valence-corrected chi connectivity index (χ3v) is 2.92. The van der Waals surface area contributed by atoms with E-state index in [0.717, 1.165) is 0 Å². The molecular weight excluding hydrogens is 316 g/mol. The van der Waals surface area contributed by atoms with Crippen molar-refractivity contribution < 1.29 is 28.1 Å². The zero-order chi connectivity index (χ0) is 17.1. The molecule has 2 aromatic heterocycles. The molecule has 0 atom stereocenters. The molecule has 0 unspecified atom stereocenters. The summed E-state index contributed by atoms with van der Waals surface area (Å²) in [6.07, 6.45) is 0. The van der Waals surface area contributed by atoms with Crippen LogP contribution in [-0.2, 0) is 0 Å². The molecule has 0 saturated carbocycles. The highest BCUT2D eigenvalue weighted by Crippen LogP contribution is 2.20. The van der Waals surface area contributed by atoms with E-state index in [1.54, 1.807) is 13.8 Å². The number of carbonyl (C=O) groups is 2. The fourth-order valence-corrected chi connectivity index (χ4v) is 1.82. The largest absolute Gasteiger partial charge is 0.422 e. The Morgan fingerprint density at radius 1 is 0.792 bits per heavy atom. The first-order chi connectivity index (χ1) is 11.5. The van der Waals surface area contributed by atoms with Crippen LogP contribution in [0.2, 0.25) is 0 Å². The maximum atomic E-state index is 11.8. The average Bonchev–Trinajstić information content (AvgIpc) is 3.18. The SMILES string of the molecule is Cc1cc(C(=O)Oc2ccc(OC(=O)c3cc(C)on3)cc2)no1. The van der Waals surface area contributed by atoms with Crippen LogP contribution in [0.4, 0.5) is 0 Å². The number of ether oxygens (including phenoxy) is 2. The third-order valence-electron chi connectivity index (χ3n) is 2.92. The van der Waals surface area contributed by atoms with Crippen molar-refractivity contribution in [2.45, 2.75) is 13.8 Å². The van der Waals surface area contributed by atoms with Gasteiger partial charge >= 0.3 is 11.9 Å². The number of carbonyl (C=O) groups excluding carboxylic acids is 2. The van der Waals surface area contributed by atoms with E-state index in [1.165, 1.54) is 36.4 Å². The highest BCUT2D eigenvalue weighted by Gasteiger charge is 2.15. The summed E-state index contributed by atoms with van der Waals surface area (Å²) < 4.78 is 19.9. The van der Waals surface area contributed by atoms with Gasteiger partial charge in [-0.05, 0) is 38.1 Å². The van der Waals surface area contributed by atoms with Gasteiger partial charge in [0.1, 0.15) is 23.0 Å². The van der Waals surface area contributed by atoms with Crippen molar-refractivity contribution in [1.82, 2.24) is 10.3 Å². The standard InChI is InChI=1S/C16H12N2O6/c1-9-7-13(17-23-9)15(19)21-11-3-5-12(6-4-11)22-16(20)14-8-10(2)24-18-14/h3-8H,1-2H3. The maximum absolute atomic E-state index is 11.8. The molecule has 2 heterocycles. The number of aromatic nitrogens is 2. The normalized spacial score (nSPS) is 10.4. The van der Waals surface area contributed by atoms with Crippen LogP contribution in [0.5, 0.6) is 11.5 Å². The number of hydrogen-bond donors (Lipinski definition) is 0. The molecule has 0 spiro atoms. The van der Waals surface area contributed by atoms with Gasteiger partial charge in [-0.25, -0.2) is 9.59 Å². The number of benzene rings is 1. The average molecular weight is 328 g/mol. The lowest BCUT2D eigenvalue weighted by Gasteiger charge is -2.04. The monoisotopic (exact) mass is 328 g/mol. The van der Waals surface area contributed by atoms with Gasteiger partial charge in [0.15, 0.2) is 11.4 Å². The third kappa shape index (κ3) is 3.49. The number of hydrogen-bond acceptors (Lipinski definition) is 8. The van der Waals surface area contributed by atoms with E-state index in [0.29, 0.717) is 11.5 Å². The van der Waals surface area contributed by atoms with Gasteiger partial charge in [0.2, 0.25) is 0 Å². The smallest absolute Gasteiger partial charge is 0.365 e. The molecule has 0 aliphatic carbocycles. The Labute approximate surface area is 135 Å². The molecule has 0 bridgehead atoms. The number of rotatable bonds is 4. The molecular formula is C16H12N2O6. The fourth-order valence-electron chi connectivity index (χ4n) is 1.82. The lowest BCUT2D eigenvalue weighted by molar-refractivity contribution is 0.0708. The van der Waals surface area contributed by atoms with E-state index in [4.69, 9.17) is 18.5 Å². The summed E-state index contributed by atoms with van der Waals surface area (Å²) in [5.74, 6) is 0.277. The molecule has 0 saturated heterocycles. The van der Waals surface area contributed by atoms with Crippen LogP contribution in [0.15, 0.2) is 45.4 Å². The van der Waals surface area contributed by atoms with Crippen LogP contribution in [0.3, 0.4) is 0 Å². The van der Waals surface area contributed by atoms with Crippen LogP contribution in [0.1, 0.15) is 32.5 Å². The minimum atomic E-state index is -0.644. The van der Waals surface area contributed by atoms with E-state index >= 15 is 0 Å². The Hall–Kier alpha value is -3.42. The van der Waals surface area contributed by atoms with Crippen LogP contribution < -0.4 is 9.47 Å². The lowest BCUT2D eigenvalue weighted by Crippen LogP contribution is -2.10. The second-order valence-corrected chi connectivity index (χ2v) is 4.90. The van der Waals surface area contributed by atoms with Crippen LogP contribution in [-0.4, -0.2) is 22.3 Å². The first-order valence-corrected chi connectivity index (χ1v) is 6.92. The second-order valence-electron chi connectivity index (χ2n) is 4.90. The van der Waals surface area contributed by atoms with Gasteiger partial charge in [-0.1, -0.05) is 10.3 Å². The van der Waals surface area contributed by atoms with Crippen LogP contribution >= 0.6 is 0 Å². The summed E-state index contributed by atoms with van der Waals surface area (Å²) in [7, 11) is 0. The highest BCUT2D eigenvalue weighted by atomic mass is 16.5. The first-order valence-electron chi connectivity index (χ1n) is 6.92. The lowest BCUT2D eigenvalue weighted by atomic mass is 10.3. The molecule has 3 aromatic rings. The van der Waals surface area contributed by atoms with Gasteiger partial charge in [-0.2, -0.15) is 0 Å². The van der Waals surface area contributed by atoms with Crippen LogP contribution in [0.25, 0.3) is 0 Å². The summed E-state index contributed by atoms with van der Waals surface area (Å²) in [4.78, 5) is 23.7. The summed E-state index contributed by atoms with van der Waals surface area (Å²) in [6.45, 7) is 3.34. The topological polar surface area (TPSA) is 105 Å². The van der Waals surface area contributed by atoms with Crippen molar-refractivity contribution in [3.05, 3.63) is 59.3 Å². The van der Waals surface area contributed by atoms with Crippen molar-refractivity contribution in [3.8, 4) is 11.5 Å². The summed E-state index contributed by atoms with van der Waals surface area (Å²) in [5.41, 5.74) is 0.147. The Balaban J connectivity index is 1.63. The van der Waals surface area contributed by atoms with Gasteiger partial charge < -0.3 is 18.5 Å². The van der Waals surface area contributed by atoms with Gasteiger partial charge in [0.05, 0.1) is 0 Å². The molecule has 0 fully saturated rings. The van der Waals surface area contributed by atoms with E-state index < -0.39 is 11.9 Å². The molecule has 1 aromatic carbocycles. The quantitative estimate of drug-likeness (QED) is 0.532. The fraction of sp³-hybridized carbons (Fsp3) is 0.125. The molecule has 0 aliphatic rings. The van der Waals surface area contributed by atoms with Crippen LogP contribution in [0, 0.1) is 13.8 Å². The first kappa shape index (κ1) is 15.5. The van der Waals surface area contributed by atoms with E-state index in [-0.39, 0.29) is 22.9 Å². The van der Waals surface area contributed by atoms with Crippen molar-refractivity contribution in [2.75, 3.05) is 0 Å². The molecule has 24 heavy (non-hydrogen) atoms.